The molecule has 1 aliphatic heterocycles. The third-order valence-corrected chi connectivity index (χ3v) is 6.75. The predicted molar refractivity (Wildman–Crippen MR) is 124 cm³/mol. The summed E-state index contributed by atoms with van der Waals surface area (Å²) in [5.74, 6) is -3.62. The summed E-state index contributed by atoms with van der Waals surface area (Å²) in [6.07, 6.45) is 1.73. The molecule has 2 atom stereocenters. The van der Waals surface area contributed by atoms with Gasteiger partial charge in [-0.15, -0.1) is 0 Å². The minimum atomic E-state index is -1.50. The summed E-state index contributed by atoms with van der Waals surface area (Å²) in [6, 6.07) is 6.71. The molecular formula is C26H25F3N4O2. The van der Waals surface area contributed by atoms with Crippen LogP contribution in [0.25, 0.3) is 22.4 Å². The standard InChI is InChI=1S/C26H25F3N4O2/c1-5-16-12-17-24(31-32(4)25(17)15-9-18(27)23(29)19(28)10-15)21(6-2)33(16)26(34)14-7-8-20-22(11-14)35-13(3)30-20/h7-11,16,21H,5-6,12H2,1-4H3/t16-,21+/m0/s1. The first-order valence-corrected chi connectivity index (χ1v) is 11.6. The third kappa shape index (κ3) is 3.69. The van der Waals surface area contributed by atoms with Crippen molar-refractivity contribution < 1.29 is 22.4 Å². The molecule has 5 rings (SSSR count). The Labute approximate surface area is 200 Å². The average Bonchev–Trinajstić information content (AvgIpc) is 3.37. The lowest BCUT2D eigenvalue weighted by Crippen LogP contribution is -2.47. The highest BCUT2D eigenvalue weighted by Gasteiger charge is 2.40. The van der Waals surface area contributed by atoms with Crippen molar-refractivity contribution in [1.82, 2.24) is 19.7 Å². The zero-order chi connectivity index (χ0) is 25.0. The fraction of sp³-hybridized carbons (Fsp3) is 0.346. The Morgan fingerprint density at radius 3 is 2.49 bits per heavy atom. The molecule has 2 aromatic carbocycles. The number of rotatable bonds is 4. The van der Waals surface area contributed by atoms with Crippen LogP contribution in [-0.2, 0) is 13.5 Å². The molecule has 0 fully saturated rings. The monoisotopic (exact) mass is 482 g/mol. The van der Waals surface area contributed by atoms with E-state index in [2.05, 4.69) is 10.1 Å². The topological polar surface area (TPSA) is 64.2 Å². The predicted octanol–water partition coefficient (Wildman–Crippen LogP) is 5.88. The van der Waals surface area contributed by atoms with E-state index in [4.69, 9.17) is 4.42 Å². The van der Waals surface area contributed by atoms with Crippen LogP contribution in [0.15, 0.2) is 34.7 Å². The van der Waals surface area contributed by atoms with Crippen molar-refractivity contribution in [2.45, 2.75) is 52.1 Å². The number of hydrogen-bond donors (Lipinski definition) is 0. The van der Waals surface area contributed by atoms with Crippen molar-refractivity contribution in [3.63, 3.8) is 0 Å². The fourth-order valence-electron chi connectivity index (χ4n) is 5.19. The summed E-state index contributed by atoms with van der Waals surface area (Å²) in [5.41, 5.74) is 3.98. The Bertz CT molecular complexity index is 1440. The third-order valence-electron chi connectivity index (χ3n) is 6.75. The summed E-state index contributed by atoms with van der Waals surface area (Å²) in [6.45, 7) is 5.73. The number of halogens is 3. The summed E-state index contributed by atoms with van der Waals surface area (Å²) < 4.78 is 48.9. The van der Waals surface area contributed by atoms with E-state index in [0.29, 0.717) is 53.2 Å². The molecule has 6 nitrogen and oxygen atoms in total. The van der Waals surface area contributed by atoms with Crippen LogP contribution in [0.2, 0.25) is 0 Å². The first kappa shape index (κ1) is 23.1. The van der Waals surface area contributed by atoms with Crippen molar-refractivity contribution in [2.75, 3.05) is 0 Å². The van der Waals surface area contributed by atoms with Crippen LogP contribution in [-0.4, -0.2) is 31.6 Å². The summed E-state index contributed by atoms with van der Waals surface area (Å²) in [5, 5.41) is 4.67. The number of hydrogen-bond acceptors (Lipinski definition) is 4. The van der Waals surface area contributed by atoms with E-state index in [9.17, 15) is 18.0 Å². The molecule has 35 heavy (non-hydrogen) atoms. The number of fused-ring (bicyclic) bond motifs is 2. The van der Waals surface area contributed by atoms with E-state index < -0.39 is 17.5 Å². The Morgan fingerprint density at radius 1 is 1.11 bits per heavy atom. The number of nitrogens with zero attached hydrogens (tertiary/aromatic N) is 4. The van der Waals surface area contributed by atoms with E-state index in [1.165, 1.54) is 0 Å². The summed E-state index contributed by atoms with van der Waals surface area (Å²) >= 11 is 0. The Morgan fingerprint density at radius 2 is 1.83 bits per heavy atom. The highest BCUT2D eigenvalue weighted by molar-refractivity contribution is 5.97. The van der Waals surface area contributed by atoms with Gasteiger partial charge in [0.15, 0.2) is 28.9 Å². The highest BCUT2D eigenvalue weighted by atomic mass is 19.2. The molecular weight excluding hydrogens is 457 g/mol. The first-order chi connectivity index (χ1) is 16.7. The van der Waals surface area contributed by atoms with Gasteiger partial charge in [0.25, 0.3) is 5.91 Å². The van der Waals surface area contributed by atoms with E-state index in [1.54, 1.807) is 36.9 Å². The normalized spacial score (nSPS) is 17.7. The van der Waals surface area contributed by atoms with Gasteiger partial charge in [0, 0.05) is 36.7 Å². The quantitative estimate of drug-likeness (QED) is 0.341. The second-order valence-corrected chi connectivity index (χ2v) is 8.91. The molecule has 0 radical (unpaired) electrons. The van der Waals surface area contributed by atoms with Gasteiger partial charge in [0.05, 0.1) is 17.4 Å². The van der Waals surface area contributed by atoms with Crippen molar-refractivity contribution in [1.29, 1.82) is 0 Å². The highest BCUT2D eigenvalue weighted by Crippen LogP contribution is 2.41. The number of aromatic nitrogens is 3. The fourth-order valence-corrected chi connectivity index (χ4v) is 5.19. The molecule has 0 unspecified atom stereocenters. The lowest BCUT2D eigenvalue weighted by Gasteiger charge is -2.41. The lowest BCUT2D eigenvalue weighted by atomic mass is 9.87. The number of carbonyl (C=O) groups excluding carboxylic acids is 1. The minimum absolute atomic E-state index is 0.142. The Kier molecular flexibility index (Phi) is 5.65. The van der Waals surface area contributed by atoms with Crippen LogP contribution < -0.4 is 0 Å². The lowest BCUT2D eigenvalue weighted by molar-refractivity contribution is 0.0513. The number of benzene rings is 2. The van der Waals surface area contributed by atoms with Gasteiger partial charge < -0.3 is 9.32 Å². The number of carbonyl (C=O) groups is 1. The van der Waals surface area contributed by atoms with Crippen molar-refractivity contribution in [3.8, 4) is 11.3 Å². The van der Waals surface area contributed by atoms with E-state index in [0.717, 1.165) is 17.7 Å². The zero-order valence-electron chi connectivity index (χ0n) is 19.9. The van der Waals surface area contributed by atoms with Gasteiger partial charge in [-0.3, -0.25) is 9.48 Å². The SMILES string of the molecule is CC[C@H]1Cc2c(nn(C)c2-c2cc(F)c(F)c(F)c2)[C@@H](CC)N1C(=O)c1ccc2nc(C)oc2c1. The maximum atomic E-state index is 14.0. The van der Waals surface area contributed by atoms with Crippen LogP contribution in [0.4, 0.5) is 13.2 Å². The van der Waals surface area contributed by atoms with Crippen LogP contribution >= 0.6 is 0 Å². The molecule has 1 amide bonds. The molecule has 4 aromatic rings. The van der Waals surface area contributed by atoms with Gasteiger partial charge in [-0.1, -0.05) is 13.8 Å². The Balaban J connectivity index is 1.60. The van der Waals surface area contributed by atoms with Gasteiger partial charge >= 0.3 is 0 Å². The molecule has 3 heterocycles. The molecule has 182 valence electrons. The summed E-state index contributed by atoms with van der Waals surface area (Å²) in [4.78, 5) is 19.9. The maximum absolute atomic E-state index is 14.0. The van der Waals surface area contributed by atoms with Gasteiger partial charge in [0.2, 0.25) is 0 Å². The Hall–Kier alpha value is -3.62. The molecule has 0 aliphatic carbocycles. The summed E-state index contributed by atoms with van der Waals surface area (Å²) in [7, 11) is 1.69. The molecule has 2 aromatic heterocycles. The van der Waals surface area contributed by atoms with E-state index in [1.807, 2.05) is 18.7 Å². The molecule has 0 spiro atoms. The van der Waals surface area contributed by atoms with Crippen molar-refractivity contribution in [2.24, 2.45) is 7.05 Å². The molecule has 0 saturated heterocycles. The van der Waals surface area contributed by atoms with Crippen molar-refractivity contribution in [3.05, 3.63) is 70.5 Å². The van der Waals surface area contributed by atoms with E-state index in [-0.39, 0.29) is 23.6 Å². The van der Waals surface area contributed by atoms with Gasteiger partial charge in [0.1, 0.15) is 5.52 Å². The first-order valence-electron chi connectivity index (χ1n) is 11.6. The van der Waals surface area contributed by atoms with E-state index >= 15 is 0 Å². The second kappa shape index (κ2) is 8.55. The smallest absolute Gasteiger partial charge is 0.254 e. The average molecular weight is 483 g/mol. The van der Waals surface area contributed by atoms with Crippen LogP contribution in [0.5, 0.6) is 0 Å². The van der Waals surface area contributed by atoms with Gasteiger partial charge in [-0.25, -0.2) is 18.2 Å². The molecule has 0 bridgehead atoms. The molecule has 1 aliphatic rings. The van der Waals surface area contributed by atoms with Crippen LogP contribution in [0.1, 0.15) is 60.2 Å². The van der Waals surface area contributed by atoms with Gasteiger partial charge in [-0.05, 0) is 49.6 Å². The van der Waals surface area contributed by atoms with Crippen molar-refractivity contribution >= 4 is 17.0 Å². The largest absolute Gasteiger partial charge is 0.441 e. The number of oxazole rings is 1. The zero-order valence-corrected chi connectivity index (χ0v) is 19.9. The molecule has 9 heteroatoms. The minimum Gasteiger partial charge on any atom is -0.441 e. The van der Waals surface area contributed by atoms with Crippen LogP contribution in [0.3, 0.4) is 0 Å². The van der Waals surface area contributed by atoms with Crippen LogP contribution in [0, 0.1) is 24.4 Å². The molecule has 0 saturated carbocycles. The maximum Gasteiger partial charge on any atom is 0.254 e. The molecule has 0 N–H and O–H groups in total. The van der Waals surface area contributed by atoms with Gasteiger partial charge in [-0.2, -0.15) is 5.10 Å². The second-order valence-electron chi connectivity index (χ2n) is 8.91. The number of amides is 1. The number of aryl methyl sites for hydroxylation is 2.